The molecule has 0 radical (unpaired) electrons. The van der Waals surface area contributed by atoms with Gasteiger partial charge in [-0.15, -0.1) is 0 Å². The first kappa shape index (κ1) is 11.3. The van der Waals surface area contributed by atoms with Crippen LogP contribution in [-0.2, 0) is 14.2 Å². The van der Waals surface area contributed by atoms with E-state index in [4.69, 9.17) is 14.2 Å². The van der Waals surface area contributed by atoms with E-state index in [2.05, 4.69) is 0 Å². The lowest BCUT2D eigenvalue weighted by molar-refractivity contribution is -0.270. The van der Waals surface area contributed by atoms with Crippen molar-refractivity contribution in [3.63, 3.8) is 0 Å². The first-order chi connectivity index (χ1) is 7.18. The number of hydrogen-bond donors (Lipinski definition) is 3. The second-order valence-electron chi connectivity index (χ2n) is 3.87. The molecule has 88 valence electrons. The molecule has 0 aromatic heterocycles. The van der Waals surface area contributed by atoms with Gasteiger partial charge in [0.25, 0.3) is 0 Å². The summed E-state index contributed by atoms with van der Waals surface area (Å²) in [6.45, 7) is 1.15. The van der Waals surface area contributed by atoms with Crippen LogP contribution in [0.5, 0.6) is 0 Å². The minimum atomic E-state index is -1.21. The molecule has 2 aliphatic rings. The van der Waals surface area contributed by atoms with E-state index in [1.54, 1.807) is 0 Å². The molecule has 5 unspecified atom stereocenters. The molecular weight excluding hydrogens is 204 g/mol. The van der Waals surface area contributed by atoms with E-state index < -0.39 is 24.6 Å². The van der Waals surface area contributed by atoms with Gasteiger partial charge < -0.3 is 29.5 Å². The van der Waals surface area contributed by atoms with Crippen molar-refractivity contribution < 1.29 is 29.5 Å². The molecule has 2 aliphatic heterocycles. The molecule has 5 atom stereocenters. The van der Waals surface area contributed by atoms with Crippen LogP contribution in [0.15, 0.2) is 0 Å². The summed E-state index contributed by atoms with van der Waals surface area (Å²) in [6, 6.07) is 0. The molecule has 0 saturated carbocycles. The number of aliphatic hydroxyl groups excluding tert-OH is 3. The van der Waals surface area contributed by atoms with Crippen LogP contribution in [0.4, 0.5) is 0 Å². The van der Waals surface area contributed by atoms with Gasteiger partial charge in [-0.25, -0.2) is 0 Å². The fraction of sp³-hybridized carbons (Fsp3) is 1.00. The molecule has 3 N–H and O–H groups in total. The van der Waals surface area contributed by atoms with E-state index in [1.807, 2.05) is 0 Å². The molecule has 15 heavy (non-hydrogen) atoms. The number of hydrogen-bond acceptors (Lipinski definition) is 6. The molecule has 2 rings (SSSR count). The second kappa shape index (κ2) is 4.73. The summed E-state index contributed by atoms with van der Waals surface area (Å²) in [4.78, 5) is 0. The molecule has 6 nitrogen and oxygen atoms in total. The van der Waals surface area contributed by atoms with Gasteiger partial charge in [-0.2, -0.15) is 0 Å². The van der Waals surface area contributed by atoms with Gasteiger partial charge in [-0.1, -0.05) is 0 Å². The fourth-order valence-corrected chi connectivity index (χ4v) is 1.48. The average Bonchev–Trinajstić information content (AvgIpc) is 3.02. The van der Waals surface area contributed by atoms with Gasteiger partial charge in [-0.3, -0.25) is 0 Å². The largest absolute Gasteiger partial charge is 0.388 e. The molecule has 2 fully saturated rings. The van der Waals surface area contributed by atoms with Crippen molar-refractivity contribution in [2.45, 2.75) is 37.1 Å². The highest BCUT2D eigenvalue weighted by atomic mass is 16.7. The summed E-state index contributed by atoms with van der Waals surface area (Å²) >= 11 is 0. The fourth-order valence-electron chi connectivity index (χ4n) is 1.48. The first-order valence-corrected chi connectivity index (χ1v) is 5.07. The summed E-state index contributed by atoms with van der Waals surface area (Å²) in [5, 5.41) is 28.0. The lowest BCUT2D eigenvalue weighted by Crippen LogP contribution is -2.53. The second-order valence-corrected chi connectivity index (χ2v) is 3.87. The molecule has 0 amide bonds. The Bertz CT molecular complexity index is 207. The Kier molecular flexibility index (Phi) is 3.55. The van der Waals surface area contributed by atoms with Crippen molar-refractivity contribution in [3.05, 3.63) is 0 Å². The summed E-state index contributed by atoms with van der Waals surface area (Å²) < 4.78 is 15.3. The smallest absolute Gasteiger partial charge is 0.186 e. The van der Waals surface area contributed by atoms with Crippen molar-refractivity contribution >= 4 is 0 Å². The van der Waals surface area contributed by atoms with Gasteiger partial charge in [-0.05, 0) is 6.42 Å². The van der Waals surface area contributed by atoms with Crippen LogP contribution in [-0.4, -0.2) is 65.8 Å². The summed E-state index contributed by atoms with van der Waals surface area (Å²) in [5.74, 6) is 0. The number of aliphatic hydroxyl groups is 3. The Labute approximate surface area is 87.4 Å². The Hall–Kier alpha value is -0.240. The van der Waals surface area contributed by atoms with Gasteiger partial charge in [0.1, 0.15) is 18.3 Å². The molecule has 2 saturated heterocycles. The summed E-state index contributed by atoms with van der Waals surface area (Å²) in [6.07, 6.45) is -3.30. The molecule has 0 spiro atoms. The van der Waals surface area contributed by atoms with Crippen molar-refractivity contribution in [2.75, 3.05) is 19.8 Å². The van der Waals surface area contributed by atoms with Crippen molar-refractivity contribution in [3.8, 4) is 0 Å². The third-order valence-electron chi connectivity index (χ3n) is 2.58. The first-order valence-electron chi connectivity index (χ1n) is 5.07. The van der Waals surface area contributed by atoms with Crippen LogP contribution in [0.25, 0.3) is 0 Å². The van der Waals surface area contributed by atoms with Gasteiger partial charge in [0.2, 0.25) is 0 Å². The maximum atomic E-state index is 9.50. The molecule has 0 aromatic rings. The van der Waals surface area contributed by atoms with E-state index in [-0.39, 0.29) is 12.7 Å². The van der Waals surface area contributed by atoms with Gasteiger partial charge in [0.15, 0.2) is 6.29 Å². The standard InChI is InChI=1S/C9H16O6/c10-6-4-15-9(8(12)7(6)11)13-2-1-5-3-14-5/h5-12H,1-4H2. The highest BCUT2D eigenvalue weighted by Crippen LogP contribution is 2.18. The third kappa shape index (κ3) is 2.87. The van der Waals surface area contributed by atoms with E-state index in [0.717, 1.165) is 13.0 Å². The van der Waals surface area contributed by atoms with Crippen LogP contribution in [0, 0.1) is 0 Å². The van der Waals surface area contributed by atoms with Crippen LogP contribution in [0.1, 0.15) is 6.42 Å². The summed E-state index contributed by atoms with van der Waals surface area (Å²) in [7, 11) is 0. The Morgan fingerprint density at radius 3 is 2.47 bits per heavy atom. The predicted molar refractivity (Wildman–Crippen MR) is 48.1 cm³/mol. The number of ether oxygens (including phenoxy) is 3. The molecule has 6 heteroatoms. The van der Waals surface area contributed by atoms with Gasteiger partial charge in [0, 0.05) is 0 Å². The molecular formula is C9H16O6. The topological polar surface area (TPSA) is 91.7 Å². The lowest BCUT2D eigenvalue weighted by atomic mass is 10.1. The molecule has 0 aliphatic carbocycles. The Morgan fingerprint density at radius 2 is 1.80 bits per heavy atom. The Balaban J connectivity index is 1.71. The zero-order chi connectivity index (χ0) is 10.8. The van der Waals surface area contributed by atoms with Crippen molar-refractivity contribution in [2.24, 2.45) is 0 Å². The van der Waals surface area contributed by atoms with Gasteiger partial charge >= 0.3 is 0 Å². The number of epoxide rings is 1. The van der Waals surface area contributed by atoms with E-state index in [9.17, 15) is 15.3 Å². The monoisotopic (exact) mass is 220 g/mol. The van der Waals surface area contributed by atoms with Crippen LogP contribution in [0.3, 0.4) is 0 Å². The Morgan fingerprint density at radius 1 is 1.07 bits per heavy atom. The van der Waals surface area contributed by atoms with Crippen LogP contribution >= 0.6 is 0 Å². The average molecular weight is 220 g/mol. The highest BCUT2D eigenvalue weighted by Gasteiger charge is 2.38. The van der Waals surface area contributed by atoms with E-state index >= 15 is 0 Å². The maximum Gasteiger partial charge on any atom is 0.186 e. The zero-order valence-corrected chi connectivity index (χ0v) is 8.28. The van der Waals surface area contributed by atoms with Crippen LogP contribution in [0.2, 0.25) is 0 Å². The predicted octanol–water partition coefficient (Wildman–Crippen LogP) is -1.77. The maximum absolute atomic E-state index is 9.50. The van der Waals surface area contributed by atoms with Crippen LogP contribution < -0.4 is 0 Å². The minimum Gasteiger partial charge on any atom is -0.388 e. The van der Waals surface area contributed by atoms with E-state index in [1.165, 1.54) is 0 Å². The molecule has 0 aromatic carbocycles. The molecule has 2 heterocycles. The van der Waals surface area contributed by atoms with Gasteiger partial charge in [0.05, 0.1) is 25.9 Å². The van der Waals surface area contributed by atoms with Crippen molar-refractivity contribution in [1.82, 2.24) is 0 Å². The minimum absolute atomic E-state index is 0.0250. The highest BCUT2D eigenvalue weighted by molar-refractivity contribution is 4.82. The number of rotatable bonds is 4. The van der Waals surface area contributed by atoms with E-state index in [0.29, 0.717) is 6.61 Å². The zero-order valence-electron chi connectivity index (χ0n) is 8.28. The SMILES string of the molecule is OC1COC(OCCC2CO2)C(O)C1O. The summed E-state index contributed by atoms with van der Waals surface area (Å²) in [5.41, 5.74) is 0. The van der Waals surface area contributed by atoms with Crippen molar-refractivity contribution in [1.29, 1.82) is 0 Å². The molecule has 0 bridgehead atoms. The third-order valence-corrected chi connectivity index (χ3v) is 2.58. The normalized spacial score (nSPS) is 45.4. The lowest BCUT2D eigenvalue weighted by Gasteiger charge is -2.34. The quantitative estimate of drug-likeness (QED) is 0.486.